The van der Waals surface area contributed by atoms with Crippen LogP contribution < -0.4 is 5.32 Å². The van der Waals surface area contributed by atoms with E-state index in [0.29, 0.717) is 17.0 Å². The summed E-state index contributed by atoms with van der Waals surface area (Å²) in [6, 6.07) is 6.21. The lowest BCUT2D eigenvalue weighted by molar-refractivity contribution is -0.136. The molecule has 120 valence electrons. The Morgan fingerprint density at radius 2 is 1.87 bits per heavy atom. The minimum Gasteiger partial charge on any atom is -0.478 e. The predicted octanol–water partition coefficient (Wildman–Crippen LogP) is 2.58. The van der Waals surface area contributed by atoms with E-state index in [0.717, 1.165) is 0 Å². The number of nitrogens with zero attached hydrogens (tertiary/aromatic N) is 1. The van der Waals surface area contributed by atoms with Crippen molar-refractivity contribution in [2.24, 2.45) is 5.18 Å². The summed E-state index contributed by atoms with van der Waals surface area (Å²) < 4.78 is 4.79. The Labute approximate surface area is 132 Å². The lowest BCUT2D eigenvalue weighted by Gasteiger charge is -2.29. The van der Waals surface area contributed by atoms with Crippen molar-refractivity contribution in [3.05, 3.63) is 57.3 Å². The SMILES string of the molecule is COC(=O)C1=C(C)NC(C)=C(C(=O)O)C1c1cccc(N=O)c1. The van der Waals surface area contributed by atoms with Crippen molar-refractivity contribution < 1.29 is 19.4 Å². The van der Waals surface area contributed by atoms with Crippen LogP contribution in [0.15, 0.2) is 52.0 Å². The number of methoxy groups -OCH3 is 1. The summed E-state index contributed by atoms with van der Waals surface area (Å²) in [6.45, 7) is 3.29. The maximum absolute atomic E-state index is 12.2. The lowest BCUT2D eigenvalue weighted by Crippen LogP contribution is -2.31. The van der Waals surface area contributed by atoms with E-state index in [-0.39, 0.29) is 16.8 Å². The first-order chi connectivity index (χ1) is 10.9. The van der Waals surface area contributed by atoms with E-state index in [9.17, 15) is 19.6 Å². The number of carbonyl (C=O) groups is 2. The Balaban J connectivity index is 2.71. The molecule has 2 N–H and O–H groups in total. The first-order valence-corrected chi connectivity index (χ1v) is 6.84. The standard InChI is InChI=1S/C16H16N2O5/c1-8-12(15(19)20)14(10-5-4-6-11(7-10)18-22)13(9(2)17-8)16(21)23-3/h4-7,14,17H,1-3H3,(H,19,20). The minimum atomic E-state index is -1.15. The average molecular weight is 316 g/mol. The molecular formula is C16H16N2O5. The summed E-state index contributed by atoms with van der Waals surface area (Å²) in [7, 11) is 1.23. The van der Waals surface area contributed by atoms with Gasteiger partial charge < -0.3 is 15.2 Å². The van der Waals surface area contributed by atoms with E-state index in [4.69, 9.17) is 4.74 Å². The monoisotopic (exact) mass is 316 g/mol. The molecule has 1 atom stereocenters. The molecule has 23 heavy (non-hydrogen) atoms. The van der Waals surface area contributed by atoms with Crippen molar-refractivity contribution in [1.29, 1.82) is 0 Å². The van der Waals surface area contributed by atoms with Gasteiger partial charge >= 0.3 is 11.9 Å². The third kappa shape index (κ3) is 2.98. The molecule has 1 aromatic carbocycles. The first kappa shape index (κ1) is 16.4. The summed E-state index contributed by atoms with van der Waals surface area (Å²) >= 11 is 0. The van der Waals surface area contributed by atoms with Crippen molar-refractivity contribution in [3.63, 3.8) is 0 Å². The van der Waals surface area contributed by atoms with Crippen molar-refractivity contribution in [2.75, 3.05) is 7.11 Å². The molecular weight excluding hydrogens is 300 g/mol. The summed E-state index contributed by atoms with van der Waals surface area (Å²) in [6.07, 6.45) is 0. The highest BCUT2D eigenvalue weighted by Crippen LogP contribution is 2.39. The number of hydrogen-bond donors (Lipinski definition) is 2. The summed E-state index contributed by atoms with van der Waals surface area (Å²) in [5.74, 6) is -2.63. The third-order valence-electron chi connectivity index (χ3n) is 3.71. The van der Waals surface area contributed by atoms with Gasteiger partial charge in [0.15, 0.2) is 0 Å². The third-order valence-corrected chi connectivity index (χ3v) is 3.71. The first-order valence-electron chi connectivity index (χ1n) is 6.84. The number of allylic oxidation sites excluding steroid dienone is 2. The molecule has 0 saturated carbocycles. The number of nitrogens with one attached hydrogen (secondary N) is 1. The molecule has 7 heteroatoms. The molecule has 0 spiro atoms. The maximum atomic E-state index is 12.2. The number of benzene rings is 1. The quantitative estimate of drug-likeness (QED) is 0.653. The highest BCUT2D eigenvalue weighted by Gasteiger charge is 2.37. The van der Waals surface area contributed by atoms with Crippen LogP contribution in [0.25, 0.3) is 0 Å². The summed E-state index contributed by atoms with van der Waals surface area (Å²) in [5, 5.41) is 15.3. The van der Waals surface area contributed by atoms with Crippen LogP contribution in [0.5, 0.6) is 0 Å². The van der Waals surface area contributed by atoms with E-state index < -0.39 is 17.9 Å². The van der Waals surface area contributed by atoms with E-state index in [1.165, 1.54) is 19.2 Å². The number of dihydropyridines is 1. The van der Waals surface area contributed by atoms with Gasteiger partial charge in [-0.3, -0.25) is 0 Å². The Morgan fingerprint density at radius 3 is 2.43 bits per heavy atom. The number of carboxylic acid groups (broad SMARTS) is 1. The van der Waals surface area contributed by atoms with Crippen LogP contribution >= 0.6 is 0 Å². The number of ether oxygens (including phenoxy) is 1. The van der Waals surface area contributed by atoms with Gasteiger partial charge in [0, 0.05) is 11.4 Å². The zero-order valence-corrected chi connectivity index (χ0v) is 12.9. The van der Waals surface area contributed by atoms with Gasteiger partial charge in [0.1, 0.15) is 5.69 Å². The second-order valence-corrected chi connectivity index (χ2v) is 5.12. The smallest absolute Gasteiger partial charge is 0.336 e. The fourth-order valence-corrected chi connectivity index (χ4v) is 2.75. The Hall–Kier alpha value is -2.96. The van der Waals surface area contributed by atoms with Crippen LogP contribution in [0.2, 0.25) is 0 Å². The number of aliphatic carboxylic acids is 1. The van der Waals surface area contributed by atoms with Gasteiger partial charge in [0.2, 0.25) is 0 Å². The number of nitroso groups, excluding NO2 is 1. The maximum Gasteiger partial charge on any atom is 0.336 e. The molecule has 1 heterocycles. The van der Waals surface area contributed by atoms with Gasteiger partial charge in [0.05, 0.1) is 24.2 Å². The second kappa shape index (κ2) is 6.43. The van der Waals surface area contributed by atoms with Gasteiger partial charge in [-0.2, -0.15) is 0 Å². The molecule has 0 aliphatic carbocycles. The van der Waals surface area contributed by atoms with Crippen LogP contribution in [0.3, 0.4) is 0 Å². The number of carbonyl (C=O) groups excluding carboxylic acids is 1. The summed E-state index contributed by atoms with van der Waals surface area (Å²) in [4.78, 5) is 34.6. The lowest BCUT2D eigenvalue weighted by atomic mass is 9.80. The molecule has 0 saturated heterocycles. The van der Waals surface area contributed by atoms with Gasteiger partial charge in [-0.15, -0.1) is 4.91 Å². The van der Waals surface area contributed by atoms with Gasteiger partial charge in [-0.1, -0.05) is 12.1 Å². The van der Waals surface area contributed by atoms with Gasteiger partial charge in [-0.25, -0.2) is 9.59 Å². The molecule has 7 nitrogen and oxygen atoms in total. The molecule has 1 aliphatic heterocycles. The van der Waals surface area contributed by atoms with Crippen LogP contribution in [0, 0.1) is 4.91 Å². The van der Waals surface area contributed by atoms with Crippen molar-refractivity contribution in [2.45, 2.75) is 19.8 Å². The number of hydrogen-bond acceptors (Lipinski definition) is 6. The van der Waals surface area contributed by atoms with Crippen molar-refractivity contribution in [1.82, 2.24) is 5.32 Å². The van der Waals surface area contributed by atoms with E-state index >= 15 is 0 Å². The number of rotatable bonds is 4. The summed E-state index contributed by atoms with van der Waals surface area (Å²) in [5.41, 5.74) is 1.80. The van der Waals surface area contributed by atoms with Crippen molar-refractivity contribution >= 4 is 17.6 Å². The van der Waals surface area contributed by atoms with E-state index in [1.807, 2.05) is 0 Å². The molecule has 1 aromatic rings. The Bertz CT molecular complexity index is 749. The van der Waals surface area contributed by atoms with E-state index in [2.05, 4.69) is 10.5 Å². The fourth-order valence-electron chi connectivity index (χ4n) is 2.75. The van der Waals surface area contributed by atoms with Crippen LogP contribution in [-0.2, 0) is 14.3 Å². The van der Waals surface area contributed by atoms with Crippen LogP contribution in [0.4, 0.5) is 5.69 Å². The number of carboxylic acids is 1. The predicted molar refractivity (Wildman–Crippen MR) is 82.8 cm³/mol. The largest absolute Gasteiger partial charge is 0.478 e. The molecule has 0 fully saturated rings. The normalized spacial score (nSPS) is 17.6. The molecule has 0 aromatic heterocycles. The molecule has 0 bridgehead atoms. The highest BCUT2D eigenvalue weighted by molar-refractivity contribution is 5.99. The van der Waals surface area contributed by atoms with Crippen LogP contribution in [0.1, 0.15) is 25.3 Å². The topological polar surface area (TPSA) is 105 Å². The minimum absolute atomic E-state index is 0.0269. The van der Waals surface area contributed by atoms with Gasteiger partial charge in [-0.05, 0) is 36.7 Å². The zero-order chi connectivity index (χ0) is 17.1. The Morgan fingerprint density at radius 1 is 1.22 bits per heavy atom. The highest BCUT2D eigenvalue weighted by atomic mass is 16.5. The zero-order valence-electron chi connectivity index (χ0n) is 12.9. The van der Waals surface area contributed by atoms with Crippen LogP contribution in [-0.4, -0.2) is 24.2 Å². The second-order valence-electron chi connectivity index (χ2n) is 5.12. The molecule has 1 unspecified atom stereocenters. The molecule has 1 aliphatic rings. The van der Waals surface area contributed by atoms with Crippen molar-refractivity contribution in [3.8, 4) is 0 Å². The average Bonchev–Trinajstić information content (AvgIpc) is 2.53. The van der Waals surface area contributed by atoms with E-state index in [1.54, 1.807) is 26.0 Å². The molecule has 0 amide bonds. The molecule has 0 radical (unpaired) electrons. The Kier molecular flexibility index (Phi) is 4.59. The molecule has 2 rings (SSSR count). The number of esters is 1. The fraction of sp³-hybridized carbons (Fsp3) is 0.250. The van der Waals surface area contributed by atoms with Gasteiger partial charge in [0.25, 0.3) is 0 Å².